The Morgan fingerprint density at radius 2 is 2.00 bits per heavy atom. The lowest BCUT2D eigenvalue weighted by Gasteiger charge is -2.38. The van der Waals surface area contributed by atoms with E-state index in [1.165, 1.54) is 0 Å². The molecule has 2 heterocycles. The number of hydrogen-bond donors (Lipinski definition) is 0. The van der Waals surface area contributed by atoms with Crippen molar-refractivity contribution in [2.24, 2.45) is 5.92 Å². The minimum absolute atomic E-state index is 0.187. The third kappa shape index (κ3) is 3.91. The molecule has 3 aromatic rings. The molecule has 1 aromatic heterocycles. The van der Waals surface area contributed by atoms with Crippen LogP contribution in [0.2, 0.25) is 5.02 Å². The van der Waals surface area contributed by atoms with Crippen LogP contribution >= 0.6 is 11.6 Å². The van der Waals surface area contributed by atoms with Gasteiger partial charge in [-0.15, -0.1) is 0 Å². The number of imidazole rings is 1. The molecule has 0 N–H and O–H groups in total. The molecular weight excluding hydrogens is 418 g/mol. The number of benzene rings is 2. The minimum atomic E-state index is -1.05. The standard InChI is InChI=1S/C23H24ClN3O4/c1-3-31-22(29)19-20(15-8-6-9-16(24)14-15)27-18-11-5-4-10-17(18)25-23(27)26(21(19)28)12-7-13-30-2/h4-6,8-11,14,19-20H,3,7,12-13H2,1-2H3/t19-,20+/m0/s1. The highest BCUT2D eigenvalue weighted by atomic mass is 35.5. The topological polar surface area (TPSA) is 73.7 Å². The fraction of sp³-hybridized carbons (Fsp3) is 0.348. The minimum Gasteiger partial charge on any atom is -0.465 e. The summed E-state index contributed by atoms with van der Waals surface area (Å²) in [5.74, 6) is -1.43. The number of carbonyl (C=O) groups is 2. The average Bonchev–Trinajstić information content (AvgIpc) is 3.14. The Kier molecular flexibility index (Phi) is 6.25. The van der Waals surface area contributed by atoms with Gasteiger partial charge in [0.2, 0.25) is 11.9 Å². The quantitative estimate of drug-likeness (QED) is 0.316. The monoisotopic (exact) mass is 441 g/mol. The molecular formula is C23H24ClN3O4. The SMILES string of the molecule is CCOC(=O)[C@@H]1C(=O)N(CCCOC)c2nc3ccccc3n2[C@@H]1c1cccc(Cl)c1. The van der Waals surface area contributed by atoms with E-state index in [0.29, 0.717) is 30.5 Å². The maximum absolute atomic E-state index is 13.6. The van der Waals surface area contributed by atoms with Gasteiger partial charge < -0.3 is 14.0 Å². The Morgan fingerprint density at radius 1 is 1.19 bits per heavy atom. The highest BCUT2D eigenvalue weighted by molar-refractivity contribution is 6.30. The van der Waals surface area contributed by atoms with Gasteiger partial charge in [-0.1, -0.05) is 35.9 Å². The molecule has 0 radical (unpaired) electrons. The zero-order valence-corrected chi connectivity index (χ0v) is 18.2. The van der Waals surface area contributed by atoms with Crippen LogP contribution < -0.4 is 4.90 Å². The summed E-state index contributed by atoms with van der Waals surface area (Å²) in [5, 5.41) is 0.529. The number of anilines is 1. The molecule has 7 nitrogen and oxygen atoms in total. The molecule has 162 valence electrons. The van der Waals surface area contributed by atoms with Gasteiger partial charge in [0.05, 0.1) is 23.7 Å². The van der Waals surface area contributed by atoms with Crippen molar-refractivity contribution in [3.63, 3.8) is 0 Å². The van der Waals surface area contributed by atoms with Crippen LogP contribution in [0.4, 0.5) is 5.95 Å². The number of carbonyl (C=O) groups excluding carboxylic acids is 2. The van der Waals surface area contributed by atoms with Gasteiger partial charge in [0, 0.05) is 25.3 Å². The maximum atomic E-state index is 13.6. The lowest BCUT2D eigenvalue weighted by molar-refractivity contribution is -0.153. The predicted molar refractivity (Wildman–Crippen MR) is 118 cm³/mol. The second-order valence-electron chi connectivity index (χ2n) is 7.34. The molecule has 0 spiro atoms. The molecule has 1 aliphatic heterocycles. The van der Waals surface area contributed by atoms with E-state index in [9.17, 15) is 9.59 Å². The summed E-state index contributed by atoms with van der Waals surface area (Å²) in [4.78, 5) is 33.0. The first-order valence-corrected chi connectivity index (χ1v) is 10.6. The van der Waals surface area contributed by atoms with Crippen LogP contribution in [-0.2, 0) is 19.1 Å². The van der Waals surface area contributed by atoms with Crippen molar-refractivity contribution in [2.45, 2.75) is 19.4 Å². The van der Waals surface area contributed by atoms with Gasteiger partial charge in [-0.05, 0) is 43.2 Å². The normalized spacial score (nSPS) is 18.3. The van der Waals surface area contributed by atoms with Crippen LogP contribution in [-0.4, -0.2) is 48.3 Å². The maximum Gasteiger partial charge on any atom is 0.321 e. The summed E-state index contributed by atoms with van der Waals surface area (Å²) in [6.07, 6.45) is 0.614. The number of hydrogen-bond acceptors (Lipinski definition) is 5. The summed E-state index contributed by atoms with van der Waals surface area (Å²) >= 11 is 6.27. The van der Waals surface area contributed by atoms with Gasteiger partial charge in [0.25, 0.3) is 0 Å². The number of fused-ring (bicyclic) bond motifs is 3. The number of nitrogens with zero attached hydrogens (tertiary/aromatic N) is 3. The first-order valence-electron chi connectivity index (χ1n) is 10.3. The Bertz CT molecular complexity index is 1110. The van der Waals surface area contributed by atoms with Gasteiger partial charge in [-0.2, -0.15) is 0 Å². The van der Waals surface area contributed by atoms with Gasteiger partial charge >= 0.3 is 5.97 Å². The molecule has 0 saturated heterocycles. The smallest absolute Gasteiger partial charge is 0.321 e. The van der Waals surface area contributed by atoms with Crippen LogP contribution in [0, 0.1) is 5.92 Å². The number of halogens is 1. The van der Waals surface area contributed by atoms with Crippen LogP contribution in [0.5, 0.6) is 0 Å². The largest absolute Gasteiger partial charge is 0.465 e. The van der Waals surface area contributed by atoms with Crippen molar-refractivity contribution in [2.75, 3.05) is 31.8 Å². The van der Waals surface area contributed by atoms with Gasteiger partial charge in [-0.3, -0.25) is 14.5 Å². The van der Waals surface area contributed by atoms with Crippen LogP contribution in [0.15, 0.2) is 48.5 Å². The van der Waals surface area contributed by atoms with E-state index in [1.807, 2.05) is 41.0 Å². The van der Waals surface area contributed by atoms with E-state index in [0.717, 1.165) is 16.6 Å². The van der Waals surface area contributed by atoms with Crippen molar-refractivity contribution in [3.8, 4) is 0 Å². The summed E-state index contributed by atoms with van der Waals surface area (Å²) < 4.78 is 12.4. The van der Waals surface area contributed by atoms with Crippen LogP contribution in [0.1, 0.15) is 24.9 Å². The van der Waals surface area contributed by atoms with Crippen molar-refractivity contribution in [3.05, 3.63) is 59.1 Å². The number of aromatic nitrogens is 2. The number of amides is 1. The summed E-state index contributed by atoms with van der Waals surface area (Å²) in [6.45, 7) is 2.79. The molecule has 8 heteroatoms. The predicted octanol–water partition coefficient (Wildman–Crippen LogP) is 3.84. The second-order valence-corrected chi connectivity index (χ2v) is 7.77. The van der Waals surface area contributed by atoms with Gasteiger partial charge in [0.15, 0.2) is 5.92 Å². The van der Waals surface area contributed by atoms with Crippen molar-refractivity contribution in [1.29, 1.82) is 0 Å². The fourth-order valence-corrected chi connectivity index (χ4v) is 4.32. The first kappa shape index (κ1) is 21.3. The molecule has 0 bridgehead atoms. The van der Waals surface area contributed by atoms with Crippen LogP contribution in [0.3, 0.4) is 0 Å². The molecule has 2 atom stereocenters. The van der Waals surface area contributed by atoms with E-state index >= 15 is 0 Å². The molecule has 2 aromatic carbocycles. The third-order valence-electron chi connectivity index (χ3n) is 5.41. The average molecular weight is 442 g/mol. The number of para-hydroxylation sites is 2. The molecule has 0 saturated carbocycles. The Balaban J connectivity index is 1.94. The number of esters is 1. The van der Waals surface area contributed by atoms with Crippen molar-refractivity contribution >= 4 is 40.5 Å². The Morgan fingerprint density at radius 3 is 2.74 bits per heavy atom. The van der Waals surface area contributed by atoms with Crippen molar-refractivity contribution < 1.29 is 19.1 Å². The van der Waals surface area contributed by atoms with E-state index < -0.39 is 17.9 Å². The molecule has 0 fully saturated rings. The zero-order chi connectivity index (χ0) is 22.0. The Hall–Kier alpha value is -2.90. The van der Waals surface area contributed by atoms with E-state index in [1.54, 1.807) is 31.1 Å². The molecule has 0 aliphatic carbocycles. The summed E-state index contributed by atoms with van der Waals surface area (Å²) in [7, 11) is 1.61. The number of rotatable bonds is 7. The molecule has 4 rings (SSSR count). The second kappa shape index (κ2) is 9.08. The number of ether oxygens (including phenoxy) is 2. The molecule has 1 aliphatic rings. The summed E-state index contributed by atoms with van der Waals surface area (Å²) in [5.41, 5.74) is 2.33. The number of methoxy groups -OCH3 is 1. The molecule has 31 heavy (non-hydrogen) atoms. The van der Waals surface area contributed by atoms with Gasteiger partial charge in [0.1, 0.15) is 0 Å². The van der Waals surface area contributed by atoms with Gasteiger partial charge in [-0.25, -0.2) is 4.98 Å². The van der Waals surface area contributed by atoms with E-state index in [4.69, 9.17) is 26.1 Å². The zero-order valence-electron chi connectivity index (χ0n) is 17.5. The lowest BCUT2D eigenvalue weighted by Crippen LogP contribution is -2.50. The lowest BCUT2D eigenvalue weighted by atomic mass is 9.89. The summed E-state index contributed by atoms with van der Waals surface area (Å²) in [6, 6.07) is 14.3. The molecule has 1 amide bonds. The highest BCUT2D eigenvalue weighted by Crippen LogP contribution is 2.41. The highest BCUT2D eigenvalue weighted by Gasteiger charge is 2.47. The Labute approximate surface area is 185 Å². The molecule has 0 unspecified atom stereocenters. The van der Waals surface area contributed by atoms with E-state index in [-0.39, 0.29) is 12.5 Å². The fourth-order valence-electron chi connectivity index (χ4n) is 4.12. The van der Waals surface area contributed by atoms with Crippen molar-refractivity contribution in [1.82, 2.24) is 9.55 Å². The third-order valence-corrected chi connectivity index (χ3v) is 5.64. The van der Waals surface area contributed by atoms with E-state index in [2.05, 4.69) is 0 Å². The first-order chi connectivity index (χ1) is 15.1. The van der Waals surface area contributed by atoms with Crippen LogP contribution in [0.25, 0.3) is 11.0 Å².